The molecule has 0 aromatic heterocycles. The number of anilines is 1. The van der Waals surface area contributed by atoms with E-state index in [2.05, 4.69) is 31.3 Å². The Balaban J connectivity index is 1.89. The van der Waals surface area contributed by atoms with E-state index in [0.29, 0.717) is 5.92 Å². The summed E-state index contributed by atoms with van der Waals surface area (Å²) in [5.41, 5.74) is 4.49. The third-order valence-corrected chi connectivity index (χ3v) is 5.37. The van der Waals surface area contributed by atoms with Crippen LogP contribution in [0.4, 0.5) is 5.69 Å². The lowest BCUT2D eigenvalue weighted by Crippen LogP contribution is -2.33. The number of carbonyl (C=O) groups is 1. The van der Waals surface area contributed by atoms with E-state index >= 15 is 0 Å². The molecule has 2 atom stereocenters. The Labute approximate surface area is 114 Å². The van der Waals surface area contributed by atoms with Gasteiger partial charge in [-0.3, -0.25) is 10.2 Å². The minimum absolute atomic E-state index is 0.0291. The number of hydrogen-bond acceptors (Lipinski definition) is 3. The van der Waals surface area contributed by atoms with Crippen LogP contribution in [-0.4, -0.2) is 11.5 Å². The van der Waals surface area contributed by atoms with Crippen LogP contribution in [0.1, 0.15) is 33.6 Å². The Morgan fingerprint density at radius 2 is 1.89 bits per heavy atom. The van der Waals surface area contributed by atoms with E-state index in [0.717, 1.165) is 24.2 Å². The SMILES string of the molecule is CC1(C)[C@@H]2CC[C@@]1(C)C(=O)/C2=N/Nc1ccccc1. The summed E-state index contributed by atoms with van der Waals surface area (Å²) in [5, 5.41) is 4.42. The molecule has 3 rings (SSSR count). The van der Waals surface area contributed by atoms with Crippen molar-refractivity contribution in [3.05, 3.63) is 30.3 Å². The minimum atomic E-state index is -0.227. The van der Waals surface area contributed by atoms with Crippen LogP contribution in [0.3, 0.4) is 0 Å². The zero-order chi connectivity index (χ0) is 13.7. The van der Waals surface area contributed by atoms with E-state index in [1.807, 2.05) is 30.3 Å². The highest BCUT2D eigenvalue weighted by Crippen LogP contribution is 2.62. The molecule has 2 aliphatic carbocycles. The van der Waals surface area contributed by atoms with Gasteiger partial charge in [-0.05, 0) is 30.4 Å². The van der Waals surface area contributed by atoms with Crippen molar-refractivity contribution in [3.8, 4) is 0 Å². The van der Waals surface area contributed by atoms with Gasteiger partial charge in [-0.2, -0.15) is 5.10 Å². The van der Waals surface area contributed by atoms with Crippen molar-refractivity contribution in [1.29, 1.82) is 0 Å². The van der Waals surface area contributed by atoms with Crippen LogP contribution in [0.15, 0.2) is 35.4 Å². The number of nitrogens with one attached hydrogen (secondary N) is 1. The van der Waals surface area contributed by atoms with Gasteiger partial charge in [-0.1, -0.05) is 39.0 Å². The van der Waals surface area contributed by atoms with E-state index in [4.69, 9.17) is 0 Å². The van der Waals surface area contributed by atoms with Gasteiger partial charge in [0.2, 0.25) is 0 Å². The fraction of sp³-hybridized carbons (Fsp3) is 0.500. The summed E-state index contributed by atoms with van der Waals surface area (Å²) in [5.74, 6) is 0.526. The third-order valence-electron chi connectivity index (χ3n) is 5.37. The van der Waals surface area contributed by atoms with Crippen molar-refractivity contribution < 1.29 is 4.79 Å². The molecule has 0 unspecified atom stereocenters. The van der Waals surface area contributed by atoms with Gasteiger partial charge in [0.25, 0.3) is 0 Å². The number of fused-ring (bicyclic) bond motifs is 2. The van der Waals surface area contributed by atoms with Crippen LogP contribution < -0.4 is 5.43 Å². The number of carbonyl (C=O) groups excluding carboxylic acids is 1. The normalized spacial score (nSPS) is 33.9. The fourth-order valence-corrected chi connectivity index (χ4v) is 3.59. The molecule has 1 aromatic rings. The lowest BCUT2D eigenvalue weighted by molar-refractivity contribution is -0.123. The van der Waals surface area contributed by atoms with Gasteiger partial charge in [0.05, 0.1) is 5.69 Å². The average Bonchev–Trinajstić information content (AvgIpc) is 2.70. The predicted molar refractivity (Wildman–Crippen MR) is 77.1 cm³/mol. The summed E-state index contributed by atoms with van der Waals surface area (Å²) >= 11 is 0. The number of nitrogens with zero attached hydrogens (tertiary/aromatic N) is 1. The van der Waals surface area contributed by atoms with Crippen LogP contribution in [0.2, 0.25) is 0 Å². The summed E-state index contributed by atoms with van der Waals surface area (Å²) in [6.07, 6.45) is 2.07. The van der Waals surface area contributed by atoms with Gasteiger partial charge in [-0.15, -0.1) is 0 Å². The lowest BCUT2D eigenvalue weighted by Gasteiger charge is -2.31. The third kappa shape index (κ3) is 1.57. The largest absolute Gasteiger partial charge is 0.292 e. The Kier molecular flexibility index (Phi) is 2.56. The standard InChI is InChI=1S/C16H20N2O/c1-15(2)12-9-10-16(15,3)14(19)13(12)18-17-11-7-5-4-6-8-11/h4-8,12,17H,9-10H2,1-3H3/b18-13+/t12-,16+/m1/s1. The van der Waals surface area contributed by atoms with Crippen LogP contribution >= 0.6 is 0 Å². The first-order valence-corrected chi connectivity index (χ1v) is 6.90. The van der Waals surface area contributed by atoms with Crippen molar-refractivity contribution in [2.24, 2.45) is 21.8 Å². The molecule has 2 fully saturated rings. The van der Waals surface area contributed by atoms with E-state index < -0.39 is 0 Å². The maximum atomic E-state index is 12.6. The van der Waals surface area contributed by atoms with Crippen molar-refractivity contribution in [3.63, 3.8) is 0 Å². The molecule has 2 aliphatic rings. The Hall–Kier alpha value is -1.64. The molecular weight excluding hydrogens is 236 g/mol. The molecule has 2 bridgehead atoms. The quantitative estimate of drug-likeness (QED) is 0.823. The molecule has 1 aromatic carbocycles. The van der Waals surface area contributed by atoms with E-state index in [-0.39, 0.29) is 16.6 Å². The van der Waals surface area contributed by atoms with Crippen molar-refractivity contribution >= 4 is 17.2 Å². The Morgan fingerprint density at radius 1 is 1.21 bits per heavy atom. The minimum Gasteiger partial charge on any atom is -0.292 e. The topological polar surface area (TPSA) is 41.5 Å². The maximum absolute atomic E-state index is 12.6. The maximum Gasteiger partial charge on any atom is 0.185 e. The monoisotopic (exact) mass is 256 g/mol. The molecule has 1 N–H and O–H groups in total. The molecule has 100 valence electrons. The van der Waals surface area contributed by atoms with Crippen molar-refractivity contribution in [2.45, 2.75) is 33.6 Å². The molecule has 19 heavy (non-hydrogen) atoms. The molecule has 0 heterocycles. The van der Waals surface area contributed by atoms with Crippen molar-refractivity contribution in [1.82, 2.24) is 0 Å². The summed E-state index contributed by atoms with van der Waals surface area (Å²) in [4.78, 5) is 12.6. The number of rotatable bonds is 2. The first kappa shape index (κ1) is 12.4. The smallest absolute Gasteiger partial charge is 0.185 e. The van der Waals surface area contributed by atoms with Gasteiger partial charge < -0.3 is 0 Å². The zero-order valence-electron chi connectivity index (χ0n) is 11.7. The van der Waals surface area contributed by atoms with Crippen molar-refractivity contribution in [2.75, 3.05) is 5.43 Å². The first-order valence-electron chi connectivity index (χ1n) is 6.90. The van der Waals surface area contributed by atoms with Gasteiger partial charge in [0.1, 0.15) is 5.71 Å². The first-order chi connectivity index (χ1) is 8.97. The van der Waals surface area contributed by atoms with Crippen LogP contribution in [0, 0.1) is 16.7 Å². The van der Waals surface area contributed by atoms with Gasteiger partial charge in [0, 0.05) is 11.3 Å². The molecular formula is C16H20N2O. The molecule has 0 amide bonds. The van der Waals surface area contributed by atoms with Gasteiger partial charge in [-0.25, -0.2) is 0 Å². The van der Waals surface area contributed by atoms with E-state index in [1.165, 1.54) is 0 Å². The highest BCUT2D eigenvalue weighted by molar-refractivity contribution is 6.45. The fourth-order valence-electron chi connectivity index (χ4n) is 3.59. The Bertz CT molecular complexity index is 547. The highest BCUT2D eigenvalue weighted by atomic mass is 16.1. The zero-order valence-corrected chi connectivity index (χ0v) is 11.7. The summed E-state index contributed by atoms with van der Waals surface area (Å²) < 4.78 is 0. The number of ketones is 1. The van der Waals surface area contributed by atoms with Gasteiger partial charge in [0.15, 0.2) is 5.78 Å². The second-order valence-corrected chi connectivity index (χ2v) is 6.45. The molecule has 3 heteroatoms. The number of para-hydroxylation sites is 1. The van der Waals surface area contributed by atoms with E-state index in [9.17, 15) is 4.79 Å². The van der Waals surface area contributed by atoms with Crippen LogP contribution in [-0.2, 0) is 4.79 Å². The molecule has 0 radical (unpaired) electrons. The summed E-state index contributed by atoms with van der Waals surface area (Å²) in [6.45, 7) is 6.50. The summed E-state index contributed by atoms with van der Waals surface area (Å²) in [7, 11) is 0. The average molecular weight is 256 g/mol. The Morgan fingerprint density at radius 3 is 2.47 bits per heavy atom. The second-order valence-electron chi connectivity index (χ2n) is 6.45. The van der Waals surface area contributed by atoms with Crippen LogP contribution in [0.25, 0.3) is 0 Å². The molecule has 0 saturated heterocycles. The van der Waals surface area contributed by atoms with E-state index in [1.54, 1.807) is 0 Å². The predicted octanol–water partition coefficient (Wildman–Crippen LogP) is 3.48. The van der Waals surface area contributed by atoms with Crippen LogP contribution in [0.5, 0.6) is 0 Å². The molecule has 2 saturated carbocycles. The lowest BCUT2D eigenvalue weighted by atomic mass is 9.70. The molecule has 0 spiro atoms. The molecule has 3 nitrogen and oxygen atoms in total. The second kappa shape index (κ2) is 3.92. The number of benzene rings is 1. The molecule has 0 aliphatic heterocycles. The number of hydrazone groups is 1. The van der Waals surface area contributed by atoms with Gasteiger partial charge >= 0.3 is 0 Å². The number of Topliss-reactive ketones (excluding diaryl/α,β-unsaturated/α-hetero) is 1. The summed E-state index contributed by atoms with van der Waals surface area (Å²) in [6, 6.07) is 9.78. The highest BCUT2D eigenvalue weighted by Gasteiger charge is 2.65. The number of hydrogen-bond donors (Lipinski definition) is 1.